The van der Waals surface area contributed by atoms with Gasteiger partial charge in [0.2, 0.25) is 15.9 Å². The van der Waals surface area contributed by atoms with E-state index in [2.05, 4.69) is 10.5 Å². The third-order valence-corrected chi connectivity index (χ3v) is 4.68. The molecule has 1 aromatic rings. The minimum atomic E-state index is -3.56. The summed E-state index contributed by atoms with van der Waals surface area (Å²) in [6, 6.07) is 0.892. The molecule has 1 amide bonds. The van der Waals surface area contributed by atoms with Crippen LogP contribution in [0.5, 0.6) is 0 Å². The van der Waals surface area contributed by atoms with Gasteiger partial charge in [-0.05, 0) is 13.8 Å². The largest absolute Gasteiger partial charge is 0.361 e. The molecule has 2 rings (SSSR count). The van der Waals surface area contributed by atoms with Crippen LogP contribution in [0.3, 0.4) is 0 Å². The summed E-state index contributed by atoms with van der Waals surface area (Å²) in [4.78, 5) is 11.5. The molecule has 1 aromatic heterocycles. The third kappa shape index (κ3) is 2.54. The molecule has 1 fully saturated rings. The van der Waals surface area contributed by atoms with Crippen LogP contribution in [0.25, 0.3) is 0 Å². The van der Waals surface area contributed by atoms with Crippen LogP contribution in [-0.4, -0.2) is 42.9 Å². The van der Waals surface area contributed by atoms with Crippen LogP contribution in [0, 0.1) is 6.92 Å². The van der Waals surface area contributed by atoms with E-state index in [4.69, 9.17) is 4.52 Å². The molecule has 1 aliphatic rings. The zero-order valence-electron chi connectivity index (χ0n) is 10.2. The lowest BCUT2D eigenvalue weighted by Gasteiger charge is -2.31. The van der Waals surface area contributed by atoms with Crippen LogP contribution >= 0.6 is 0 Å². The fraction of sp³-hybridized carbons (Fsp3) is 0.600. The van der Waals surface area contributed by atoms with Gasteiger partial charge in [-0.2, -0.15) is 4.31 Å². The van der Waals surface area contributed by atoms with E-state index in [0.717, 1.165) is 0 Å². The minimum Gasteiger partial charge on any atom is -0.361 e. The number of piperazine rings is 1. The van der Waals surface area contributed by atoms with Gasteiger partial charge in [0.05, 0.1) is 0 Å². The fourth-order valence-electron chi connectivity index (χ4n) is 1.90. The highest BCUT2D eigenvalue weighted by Gasteiger charge is 2.34. The second kappa shape index (κ2) is 4.69. The molecule has 0 radical (unpaired) electrons. The molecule has 1 saturated heterocycles. The number of rotatable bonds is 3. The van der Waals surface area contributed by atoms with E-state index in [1.54, 1.807) is 19.9 Å². The average molecular weight is 273 g/mol. The number of hydrogen-bond donors (Lipinski definition) is 1. The van der Waals surface area contributed by atoms with Crippen molar-refractivity contribution in [1.29, 1.82) is 0 Å². The molecule has 0 aromatic carbocycles. The van der Waals surface area contributed by atoms with E-state index in [1.807, 2.05) is 0 Å². The van der Waals surface area contributed by atoms with E-state index < -0.39 is 16.1 Å². The number of carbonyl (C=O) groups is 1. The maximum absolute atomic E-state index is 12.2. The number of aromatic nitrogens is 1. The third-order valence-electron chi connectivity index (χ3n) is 2.81. The zero-order chi connectivity index (χ0) is 13.3. The first-order chi connectivity index (χ1) is 8.40. The first kappa shape index (κ1) is 13.0. The van der Waals surface area contributed by atoms with Crippen LogP contribution in [0.2, 0.25) is 0 Å². The summed E-state index contributed by atoms with van der Waals surface area (Å²) in [5.41, 5.74) is 0.352. The predicted molar refractivity (Wildman–Crippen MR) is 63.0 cm³/mol. The van der Waals surface area contributed by atoms with E-state index in [9.17, 15) is 13.2 Å². The van der Waals surface area contributed by atoms with Crippen LogP contribution < -0.4 is 5.32 Å². The summed E-state index contributed by atoms with van der Waals surface area (Å²) in [7, 11) is -3.56. The monoisotopic (exact) mass is 273 g/mol. The SMILES string of the molecule is Cc1cc(CS(=O)(=O)N2CCNC(=O)C2C)no1. The van der Waals surface area contributed by atoms with Crippen molar-refractivity contribution in [3.8, 4) is 0 Å². The number of nitrogens with one attached hydrogen (secondary N) is 1. The molecule has 2 heterocycles. The van der Waals surface area contributed by atoms with Crippen LogP contribution in [-0.2, 0) is 20.6 Å². The van der Waals surface area contributed by atoms with Crippen molar-refractivity contribution in [3.63, 3.8) is 0 Å². The second-order valence-electron chi connectivity index (χ2n) is 4.26. The number of amides is 1. The molecular weight excluding hydrogens is 258 g/mol. The summed E-state index contributed by atoms with van der Waals surface area (Å²) in [6.45, 7) is 3.88. The van der Waals surface area contributed by atoms with Crippen LogP contribution in [0.4, 0.5) is 0 Å². The van der Waals surface area contributed by atoms with Gasteiger partial charge in [0, 0.05) is 19.2 Å². The van der Waals surface area contributed by atoms with E-state index in [1.165, 1.54) is 4.31 Å². The summed E-state index contributed by atoms with van der Waals surface area (Å²) in [5.74, 6) is 0.0351. The Morgan fingerprint density at radius 3 is 2.94 bits per heavy atom. The summed E-state index contributed by atoms with van der Waals surface area (Å²) < 4.78 is 30.4. The standard InChI is InChI=1S/C10H15N3O4S/c1-7-5-9(12-17-7)6-18(15,16)13-4-3-11-10(14)8(13)2/h5,8H,3-4,6H2,1-2H3,(H,11,14). The topological polar surface area (TPSA) is 92.5 Å². The maximum Gasteiger partial charge on any atom is 0.238 e. The molecule has 0 bridgehead atoms. The first-order valence-electron chi connectivity index (χ1n) is 5.59. The van der Waals surface area contributed by atoms with E-state index >= 15 is 0 Å². The van der Waals surface area contributed by atoms with Gasteiger partial charge in [0.15, 0.2) is 0 Å². The maximum atomic E-state index is 12.2. The number of carbonyl (C=O) groups excluding carboxylic acids is 1. The second-order valence-corrected chi connectivity index (χ2v) is 6.18. The molecule has 1 atom stereocenters. The lowest BCUT2D eigenvalue weighted by Crippen LogP contribution is -2.55. The quantitative estimate of drug-likeness (QED) is 0.811. The molecule has 18 heavy (non-hydrogen) atoms. The smallest absolute Gasteiger partial charge is 0.238 e. The van der Waals surface area contributed by atoms with Gasteiger partial charge >= 0.3 is 0 Å². The molecule has 1 aliphatic heterocycles. The summed E-state index contributed by atoms with van der Waals surface area (Å²) in [6.07, 6.45) is 0. The van der Waals surface area contributed by atoms with Crippen LogP contribution in [0.15, 0.2) is 10.6 Å². The Morgan fingerprint density at radius 2 is 2.33 bits per heavy atom. The average Bonchev–Trinajstić information content (AvgIpc) is 2.67. The highest BCUT2D eigenvalue weighted by atomic mass is 32.2. The summed E-state index contributed by atoms with van der Waals surface area (Å²) >= 11 is 0. The molecule has 1 unspecified atom stereocenters. The van der Waals surface area contributed by atoms with Crippen molar-refractivity contribution in [3.05, 3.63) is 17.5 Å². The highest BCUT2D eigenvalue weighted by Crippen LogP contribution is 2.15. The molecule has 0 saturated carbocycles. The van der Waals surface area contributed by atoms with Crippen molar-refractivity contribution in [1.82, 2.24) is 14.8 Å². The van der Waals surface area contributed by atoms with Crippen LogP contribution in [0.1, 0.15) is 18.4 Å². The Kier molecular flexibility index (Phi) is 3.40. The fourth-order valence-corrected chi connectivity index (χ4v) is 3.52. The van der Waals surface area contributed by atoms with Gasteiger partial charge < -0.3 is 9.84 Å². The van der Waals surface area contributed by atoms with Crippen molar-refractivity contribution in [2.75, 3.05) is 13.1 Å². The van der Waals surface area contributed by atoms with Gasteiger partial charge in [-0.1, -0.05) is 5.16 Å². The number of aryl methyl sites for hydroxylation is 1. The molecule has 1 N–H and O–H groups in total. The Labute approximate surface area is 105 Å². The number of sulfonamides is 1. The Bertz CT molecular complexity index is 551. The Balaban J connectivity index is 2.17. The summed E-state index contributed by atoms with van der Waals surface area (Å²) in [5, 5.41) is 6.28. The van der Waals surface area contributed by atoms with Gasteiger partial charge in [0.1, 0.15) is 23.2 Å². The number of nitrogens with zero attached hydrogens (tertiary/aromatic N) is 2. The van der Waals surface area contributed by atoms with Crippen molar-refractivity contribution < 1.29 is 17.7 Å². The van der Waals surface area contributed by atoms with Gasteiger partial charge in [-0.25, -0.2) is 8.42 Å². The van der Waals surface area contributed by atoms with E-state index in [-0.39, 0.29) is 18.2 Å². The van der Waals surface area contributed by atoms with Crippen molar-refractivity contribution in [2.45, 2.75) is 25.6 Å². The van der Waals surface area contributed by atoms with Crippen molar-refractivity contribution >= 4 is 15.9 Å². The molecule has 7 nitrogen and oxygen atoms in total. The normalized spacial score (nSPS) is 21.9. The zero-order valence-corrected chi connectivity index (χ0v) is 11.0. The first-order valence-corrected chi connectivity index (χ1v) is 7.20. The lowest BCUT2D eigenvalue weighted by atomic mass is 10.2. The molecular formula is C10H15N3O4S. The van der Waals surface area contributed by atoms with Gasteiger partial charge in [-0.15, -0.1) is 0 Å². The van der Waals surface area contributed by atoms with Gasteiger partial charge in [0.25, 0.3) is 0 Å². The van der Waals surface area contributed by atoms with Crippen molar-refractivity contribution in [2.24, 2.45) is 0 Å². The minimum absolute atomic E-state index is 0.248. The molecule has 8 heteroatoms. The molecule has 0 spiro atoms. The highest BCUT2D eigenvalue weighted by molar-refractivity contribution is 7.88. The lowest BCUT2D eigenvalue weighted by molar-refractivity contribution is -0.126. The number of hydrogen-bond acceptors (Lipinski definition) is 5. The molecule has 100 valence electrons. The molecule has 0 aliphatic carbocycles. The van der Waals surface area contributed by atoms with Gasteiger partial charge in [-0.3, -0.25) is 4.79 Å². The van der Waals surface area contributed by atoms with E-state index in [0.29, 0.717) is 18.0 Å². The Hall–Kier alpha value is -1.41. The Morgan fingerprint density at radius 1 is 1.61 bits per heavy atom. The predicted octanol–water partition coefficient (Wildman–Crippen LogP) is -0.367.